The van der Waals surface area contributed by atoms with E-state index in [-0.39, 0.29) is 11.3 Å². The minimum Gasteiger partial charge on any atom is -0.426 e. The quantitative estimate of drug-likeness (QED) is 0.664. The highest BCUT2D eigenvalue weighted by atomic mass is 16.5. The average Bonchev–Trinajstić information content (AvgIpc) is 2.34. The molecule has 0 rings (SSSR count). The van der Waals surface area contributed by atoms with Gasteiger partial charge in [-0.1, -0.05) is 34.1 Å². The van der Waals surface area contributed by atoms with Crippen LogP contribution in [0.1, 0.15) is 60.8 Å². The fourth-order valence-electron chi connectivity index (χ4n) is 1.47. The number of rotatable bonds is 8. The van der Waals surface area contributed by atoms with Crippen LogP contribution in [0, 0.1) is 5.92 Å². The summed E-state index contributed by atoms with van der Waals surface area (Å²) in [7, 11) is 1.19. The number of hydrogen-bond acceptors (Lipinski definition) is 3. The maximum atomic E-state index is 11.7. The van der Waals surface area contributed by atoms with Gasteiger partial charge in [0.15, 0.2) is 5.68 Å². The minimum absolute atomic E-state index is 0.339. The molecule has 1 radical (unpaired) electrons. The van der Waals surface area contributed by atoms with E-state index in [0.717, 1.165) is 12.8 Å². The van der Waals surface area contributed by atoms with E-state index >= 15 is 0 Å². The highest BCUT2D eigenvalue weighted by Crippen LogP contribution is 2.27. The summed E-state index contributed by atoms with van der Waals surface area (Å²) in [6, 6.07) is 0. The summed E-state index contributed by atoms with van der Waals surface area (Å²) in [6.07, 6.45) is 2.22. The van der Waals surface area contributed by atoms with Gasteiger partial charge in [0.05, 0.1) is 5.60 Å². The van der Waals surface area contributed by atoms with E-state index in [1.165, 1.54) is 14.4 Å². The molecular weight excluding hydrogens is 215 g/mol. The van der Waals surface area contributed by atoms with Crippen molar-refractivity contribution in [1.82, 2.24) is 0 Å². The minimum atomic E-state index is -1.32. The van der Waals surface area contributed by atoms with Crippen molar-refractivity contribution in [3.05, 3.63) is 0 Å². The van der Waals surface area contributed by atoms with Crippen LogP contribution in [0.5, 0.6) is 0 Å². The lowest BCUT2D eigenvalue weighted by Crippen LogP contribution is -2.44. The molecule has 0 spiro atoms. The van der Waals surface area contributed by atoms with Crippen molar-refractivity contribution in [2.24, 2.45) is 5.92 Å². The smallest absolute Gasteiger partial charge is 0.380 e. The summed E-state index contributed by atoms with van der Waals surface area (Å²) < 4.78 is 5.65. The van der Waals surface area contributed by atoms with Gasteiger partial charge < -0.3 is 14.6 Å². The first kappa shape index (κ1) is 16.7. The van der Waals surface area contributed by atoms with Crippen LogP contribution in [0.4, 0.5) is 0 Å². The van der Waals surface area contributed by atoms with Gasteiger partial charge in [-0.25, -0.2) is 0 Å². The Morgan fingerprint density at radius 3 is 2.18 bits per heavy atom. The summed E-state index contributed by atoms with van der Waals surface area (Å²) >= 11 is 0. The fraction of sp³-hybridized carbons (Fsp3) is 0.923. The lowest BCUT2D eigenvalue weighted by Gasteiger charge is -2.35. The third-order valence-corrected chi connectivity index (χ3v) is 4.01. The standard InChI is InChI=1S/C13H26BO3/c1-7-10(4)13(6,9-3)17-14-11(15)12(5,16)8-2/h10,16H,7-9H2,1-6H3. The van der Waals surface area contributed by atoms with Crippen molar-refractivity contribution in [2.75, 3.05) is 0 Å². The first-order valence-electron chi connectivity index (χ1n) is 6.51. The van der Waals surface area contributed by atoms with Crippen LogP contribution in [0.25, 0.3) is 0 Å². The molecule has 0 fully saturated rings. The Bertz CT molecular complexity index is 253. The Hall–Kier alpha value is -0.345. The molecule has 0 bridgehead atoms. The Morgan fingerprint density at radius 1 is 1.29 bits per heavy atom. The zero-order chi connectivity index (χ0) is 13.7. The SMILES string of the molecule is CCC(C)C(C)(CC)O[B]C(=O)C(C)(O)CC. The van der Waals surface area contributed by atoms with E-state index in [4.69, 9.17) is 4.65 Å². The van der Waals surface area contributed by atoms with Crippen molar-refractivity contribution < 1.29 is 14.6 Å². The van der Waals surface area contributed by atoms with Gasteiger partial charge in [-0.3, -0.25) is 0 Å². The molecule has 3 nitrogen and oxygen atoms in total. The van der Waals surface area contributed by atoms with Gasteiger partial charge in [-0.15, -0.1) is 0 Å². The number of carbonyl (C=O) groups is 1. The molecule has 3 unspecified atom stereocenters. The molecule has 17 heavy (non-hydrogen) atoms. The summed E-state index contributed by atoms with van der Waals surface area (Å²) in [5.74, 6) is 0.364. The van der Waals surface area contributed by atoms with E-state index in [9.17, 15) is 9.90 Å². The van der Waals surface area contributed by atoms with E-state index in [1.54, 1.807) is 6.92 Å². The maximum absolute atomic E-state index is 11.7. The van der Waals surface area contributed by atoms with Gasteiger partial charge in [0.2, 0.25) is 0 Å². The molecule has 0 aliphatic carbocycles. The Morgan fingerprint density at radius 2 is 1.82 bits per heavy atom. The molecule has 0 aliphatic rings. The first-order valence-corrected chi connectivity index (χ1v) is 6.51. The third-order valence-electron chi connectivity index (χ3n) is 4.01. The number of carbonyl (C=O) groups excluding carboxylic acids is 1. The molecule has 0 aromatic heterocycles. The maximum Gasteiger partial charge on any atom is 0.380 e. The second-order valence-corrected chi connectivity index (χ2v) is 5.20. The second-order valence-electron chi connectivity index (χ2n) is 5.20. The second kappa shape index (κ2) is 6.55. The Kier molecular flexibility index (Phi) is 6.42. The van der Waals surface area contributed by atoms with Gasteiger partial charge in [0.25, 0.3) is 0 Å². The molecule has 0 saturated carbocycles. The van der Waals surface area contributed by atoms with Gasteiger partial charge in [-0.05, 0) is 32.6 Å². The zero-order valence-electron chi connectivity index (χ0n) is 12.0. The molecule has 1 N–H and O–H groups in total. The topological polar surface area (TPSA) is 46.5 Å². The molecule has 99 valence electrons. The summed E-state index contributed by atoms with van der Waals surface area (Å²) in [6.45, 7) is 11.6. The molecule has 0 aromatic carbocycles. The lowest BCUT2D eigenvalue weighted by atomic mass is 9.76. The molecule has 3 atom stereocenters. The molecule has 0 amide bonds. The van der Waals surface area contributed by atoms with Crippen molar-refractivity contribution in [3.8, 4) is 0 Å². The van der Waals surface area contributed by atoms with Crippen LogP contribution in [0.3, 0.4) is 0 Å². The normalized spacial score (nSPS) is 20.2. The van der Waals surface area contributed by atoms with Crippen molar-refractivity contribution in [3.63, 3.8) is 0 Å². The summed E-state index contributed by atoms with van der Waals surface area (Å²) in [5.41, 5.74) is -2.01. The predicted molar refractivity (Wildman–Crippen MR) is 70.9 cm³/mol. The molecule has 0 heterocycles. The van der Waals surface area contributed by atoms with Crippen LogP contribution in [0.15, 0.2) is 0 Å². The van der Waals surface area contributed by atoms with E-state index < -0.39 is 5.60 Å². The largest absolute Gasteiger partial charge is 0.426 e. The van der Waals surface area contributed by atoms with Gasteiger partial charge >= 0.3 is 7.48 Å². The average molecular weight is 241 g/mol. The predicted octanol–water partition coefficient (Wildman–Crippen LogP) is 2.52. The highest BCUT2D eigenvalue weighted by Gasteiger charge is 2.34. The van der Waals surface area contributed by atoms with Gasteiger partial charge in [0, 0.05) is 0 Å². The van der Waals surface area contributed by atoms with Gasteiger partial charge in [0.1, 0.15) is 5.60 Å². The molecule has 0 aliphatic heterocycles. The fourth-order valence-corrected chi connectivity index (χ4v) is 1.47. The first-order chi connectivity index (χ1) is 7.73. The van der Waals surface area contributed by atoms with Crippen molar-refractivity contribution in [1.29, 1.82) is 0 Å². The Balaban J connectivity index is 4.49. The Labute approximate surface area is 106 Å². The van der Waals surface area contributed by atoms with Crippen LogP contribution < -0.4 is 0 Å². The van der Waals surface area contributed by atoms with Crippen molar-refractivity contribution >= 4 is 13.2 Å². The molecular formula is C13H26BO3. The third kappa shape index (κ3) is 4.43. The zero-order valence-corrected chi connectivity index (χ0v) is 12.0. The number of hydrogen-bond donors (Lipinski definition) is 1. The van der Waals surface area contributed by atoms with E-state index in [0.29, 0.717) is 12.3 Å². The van der Waals surface area contributed by atoms with Gasteiger partial charge in [-0.2, -0.15) is 0 Å². The molecule has 0 saturated heterocycles. The molecule has 4 heteroatoms. The molecule has 0 aromatic rings. The van der Waals surface area contributed by atoms with E-state index in [2.05, 4.69) is 13.8 Å². The van der Waals surface area contributed by atoms with Crippen molar-refractivity contribution in [2.45, 2.75) is 72.0 Å². The highest BCUT2D eigenvalue weighted by molar-refractivity contribution is 6.70. The van der Waals surface area contributed by atoms with Crippen LogP contribution in [-0.4, -0.2) is 29.5 Å². The van der Waals surface area contributed by atoms with Crippen LogP contribution in [0.2, 0.25) is 0 Å². The monoisotopic (exact) mass is 241 g/mol. The lowest BCUT2D eigenvalue weighted by molar-refractivity contribution is -0.129. The van der Waals surface area contributed by atoms with Crippen LogP contribution >= 0.6 is 0 Å². The summed E-state index contributed by atoms with van der Waals surface area (Å²) in [4.78, 5) is 11.7. The van der Waals surface area contributed by atoms with E-state index in [1.807, 2.05) is 13.8 Å². The van der Waals surface area contributed by atoms with Crippen LogP contribution in [-0.2, 0) is 9.45 Å². The summed E-state index contributed by atoms with van der Waals surface area (Å²) in [5, 5.41) is 9.80. The number of aliphatic hydroxyl groups is 1.